The first-order valence-corrected chi connectivity index (χ1v) is 6.83. The molecule has 0 saturated carbocycles. The van der Waals surface area contributed by atoms with Crippen molar-refractivity contribution in [2.75, 3.05) is 0 Å². The Bertz CT molecular complexity index is 587. The lowest BCUT2D eigenvalue weighted by molar-refractivity contribution is 0.573. The van der Waals surface area contributed by atoms with Crippen molar-refractivity contribution in [3.63, 3.8) is 0 Å². The topological polar surface area (TPSA) is 48.7 Å². The molecule has 0 aliphatic carbocycles. The van der Waals surface area contributed by atoms with Crippen molar-refractivity contribution in [3.05, 3.63) is 63.9 Å². The molecule has 0 spiro atoms. The molecule has 1 aromatic carbocycles. The molecular formula is C15H14BrN3. The van der Waals surface area contributed by atoms with Crippen molar-refractivity contribution in [2.45, 2.75) is 19.5 Å². The van der Waals surface area contributed by atoms with E-state index < -0.39 is 0 Å². The molecule has 0 bridgehead atoms. The second-order valence-electron chi connectivity index (χ2n) is 4.28. The Morgan fingerprint density at radius 3 is 2.74 bits per heavy atom. The summed E-state index contributed by atoms with van der Waals surface area (Å²) >= 11 is 3.42. The predicted molar refractivity (Wildman–Crippen MR) is 78.3 cm³/mol. The summed E-state index contributed by atoms with van der Waals surface area (Å²) in [5.74, 6) is 0. The Morgan fingerprint density at radius 1 is 1.32 bits per heavy atom. The molecule has 0 fully saturated rings. The predicted octanol–water partition coefficient (Wildman–Crippen LogP) is 3.57. The van der Waals surface area contributed by atoms with Crippen LogP contribution in [0.5, 0.6) is 0 Å². The van der Waals surface area contributed by atoms with Gasteiger partial charge in [0.25, 0.3) is 0 Å². The fourth-order valence-electron chi connectivity index (χ4n) is 1.81. The molecule has 96 valence electrons. The summed E-state index contributed by atoms with van der Waals surface area (Å²) in [6.45, 7) is 2.74. The van der Waals surface area contributed by atoms with Gasteiger partial charge in [-0.05, 0) is 30.7 Å². The number of nitriles is 1. The van der Waals surface area contributed by atoms with Gasteiger partial charge in [0.1, 0.15) is 11.8 Å². The van der Waals surface area contributed by atoms with Gasteiger partial charge in [0.2, 0.25) is 0 Å². The van der Waals surface area contributed by atoms with Gasteiger partial charge < -0.3 is 5.32 Å². The lowest BCUT2D eigenvalue weighted by Gasteiger charge is -2.14. The Kier molecular flexibility index (Phi) is 4.67. The van der Waals surface area contributed by atoms with Crippen molar-refractivity contribution in [3.8, 4) is 6.07 Å². The molecule has 0 amide bonds. The van der Waals surface area contributed by atoms with E-state index in [-0.39, 0.29) is 6.04 Å². The maximum Gasteiger partial charge on any atom is 0.144 e. The van der Waals surface area contributed by atoms with Gasteiger partial charge >= 0.3 is 0 Å². The van der Waals surface area contributed by atoms with Crippen LogP contribution in [0.25, 0.3) is 0 Å². The van der Waals surface area contributed by atoms with Crippen LogP contribution in [-0.4, -0.2) is 4.98 Å². The smallest absolute Gasteiger partial charge is 0.144 e. The quantitative estimate of drug-likeness (QED) is 0.938. The summed E-state index contributed by atoms with van der Waals surface area (Å²) in [6.07, 6.45) is 1.64. The van der Waals surface area contributed by atoms with Crippen molar-refractivity contribution in [2.24, 2.45) is 0 Å². The van der Waals surface area contributed by atoms with E-state index in [1.807, 2.05) is 24.3 Å². The van der Waals surface area contributed by atoms with Gasteiger partial charge in [-0.2, -0.15) is 5.26 Å². The lowest BCUT2D eigenvalue weighted by Crippen LogP contribution is -2.18. The van der Waals surface area contributed by atoms with Gasteiger partial charge in [-0.15, -0.1) is 0 Å². The molecule has 1 N–H and O–H groups in total. The fraction of sp³-hybridized carbons (Fsp3) is 0.200. The summed E-state index contributed by atoms with van der Waals surface area (Å²) in [6, 6.07) is 14.3. The molecule has 1 unspecified atom stereocenters. The minimum absolute atomic E-state index is 0.222. The molecule has 3 nitrogen and oxygen atoms in total. The Labute approximate surface area is 121 Å². The zero-order valence-corrected chi connectivity index (χ0v) is 12.2. The SMILES string of the molecule is CC(NCc1cccnc1C#N)c1ccc(Br)cc1. The number of benzene rings is 1. The number of hydrogen-bond acceptors (Lipinski definition) is 3. The molecule has 1 heterocycles. The molecule has 0 radical (unpaired) electrons. The van der Waals surface area contributed by atoms with Crippen LogP contribution in [-0.2, 0) is 6.54 Å². The van der Waals surface area contributed by atoms with Crippen LogP contribution in [0.15, 0.2) is 47.1 Å². The Morgan fingerprint density at radius 2 is 2.05 bits per heavy atom. The van der Waals surface area contributed by atoms with E-state index in [0.29, 0.717) is 12.2 Å². The zero-order valence-electron chi connectivity index (χ0n) is 10.6. The van der Waals surface area contributed by atoms with Gasteiger partial charge in [0.05, 0.1) is 0 Å². The molecule has 0 saturated heterocycles. The number of hydrogen-bond donors (Lipinski definition) is 1. The number of aromatic nitrogens is 1. The summed E-state index contributed by atoms with van der Waals surface area (Å²) in [5.41, 5.74) is 2.62. The summed E-state index contributed by atoms with van der Waals surface area (Å²) in [5, 5.41) is 12.4. The molecule has 2 rings (SSSR count). The van der Waals surface area contributed by atoms with Crippen molar-refractivity contribution in [1.82, 2.24) is 10.3 Å². The average Bonchev–Trinajstić information content (AvgIpc) is 2.45. The van der Waals surface area contributed by atoms with Crippen LogP contribution in [0, 0.1) is 11.3 Å². The van der Waals surface area contributed by atoms with E-state index in [0.717, 1.165) is 10.0 Å². The Hall–Kier alpha value is -1.70. The maximum atomic E-state index is 8.99. The van der Waals surface area contributed by atoms with Gasteiger partial charge in [0, 0.05) is 28.8 Å². The van der Waals surface area contributed by atoms with Crippen molar-refractivity contribution >= 4 is 15.9 Å². The van der Waals surface area contributed by atoms with Crippen LogP contribution in [0.3, 0.4) is 0 Å². The van der Waals surface area contributed by atoms with E-state index in [1.165, 1.54) is 5.56 Å². The molecule has 2 aromatic rings. The van der Waals surface area contributed by atoms with Crippen LogP contribution >= 0.6 is 15.9 Å². The van der Waals surface area contributed by atoms with Crippen LogP contribution in [0.1, 0.15) is 29.8 Å². The third-order valence-electron chi connectivity index (χ3n) is 2.97. The van der Waals surface area contributed by atoms with Crippen LogP contribution < -0.4 is 5.32 Å². The zero-order chi connectivity index (χ0) is 13.7. The minimum Gasteiger partial charge on any atom is -0.306 e. The number of pyridine rings is 1. The van der Waals surface area contributed by atoms with Crippen LogP contribution in [0.2, 0.25) is 0 Å². The van der Waals surface area contributed by atoms with Gasteiger partial charge in [-0.3, -0.25) is 0 Å². The third-order valence-corrected chi connectivity index (χ3v) is 3.49. The maximum absolute atomic E-state index is 8.99. The average molecular weight is 316 g/mol. The van der Waals surface area contributed by atoms with Crippen molar-refractivity contribution in [1.29, 1.82) is 5.26 Å². The molecule has 0 aliphatic rings. The van der Waals surface area contributed by atoms with Gasteiger partial charge in [0.15, 0.2) is 0 Å². The highest BCUT2D eigenvalue weighted by atomic mass is 79.9. The fourth-order valence-corrected chi connectivity index (χ4v) is 2.08. The number of nitrogens with one attached hydrogen (secondary N) is 1. The largest absolute Gasteiger partial charge is 0.306 e. The number of nitrogens with zero attached hydrogens (tertiary/aromatic N) is 2. The molecular weight excluding hydrogens is 302 g/mol. The second kappa shape index (κ2) is 6.46. The van der Waals surface area contributed by atoms with Gasteiger partial charge in [-0.1, -0.05) is 34.1 Å². The molecule has 4 heteroatoms. The highest BCUT2D eigenvalue weighted by Crippen LogP contribution is 2.17. The van der Waals surface area contributed by atoms with E-state index in [9.17, 15) is 0 Å². The molecule has 1 atom stereocenters. The summed E-state index contributed by atoms with van der Waals surface area (Å²) < 4.78 is 1.07. The number of halogens is 1. The summed E-state index contributed by atoms with van der Waals surface area (Å²) in [7, 11) is 0. The van der Waals surface area contributed by atoms with E-state index in [4.69, 9.17) is 5.26 Å². The molecule has 0 aliphatic heterocycles. The third kappa shape index (κ3) is 3.63. The second-order valence-corrected chi connectivity index (χ2v) is 5.19. The normalized spacial score (nSPS) is 11.8. The number of rotatable bonds is 4. The molecule has 1 aromatic heterocycles. The highest BCUT2D eigenvalue weighted by molar-refractivity contribution is 9.10. The van der Waals surface area contributed by atoms with E-state index >= 15 is 0 Å². The minimum atomic E-state index is 0.222. The first kappa shape index (κ1) is 13.7. The molecule has 19 heavy (non-hydrogen) atoms. The lowest BCUT2D eigenvalue weighted by atomic mass is 10.1. The van der Waals surface area contributed by atoms with E-state index in [2.05, 4.69) is 51.4 Å². The van der Waals surface area contributed by atoms with Crippen LogP contribution in [0.4, 0.5) is 0 Å². The first-order chi connectivity index (χ1) is 9.20. The standard InChI is InChI=1S/C15H14BrN3/c1-11(12-4-6-14(16)7-5-12)19-10-13-3-2-8-18-15(13)9-17/h2-8,11,19H,10H2,1H3. The van der Waals surface area contributed by atoms with Crippen molar-refractivity contribution < 1.29 is 0 Å². The Balaban J connectivity index is 2.02. The van der Waals surface area contributed by atoms with Gasteiger partial charge in [-0.25, -0.2) is 4.98 Å². The van der Waals surface area contributed by atoms with E-state index in [1.54, 1.807) is 6.20 Å². The monoisotopic (exact) mass is 315 g/mol. The highest BCUT2D eigenvalue weighted by Gasteiger charge is 2.07. The summed E-state index contributed by atoms with van der Waals surface area (Å²) in [4.78, 5) is 4.05. The first-order valence-electron chi connectivity index (χ1n) is 6.03.